The van der Waals surface area contributed by atoms with Crippen LogP contribution in [0.5, 0.6) is 0 Å². The standard InChI is InChI=1S/C10H16.NO3/c1-7-2-9-4-8(1)5-10(3-7)6-9;2-1(3)4/h7-10H,1-6H2;/q;-1. The van der Waals surface area contributed by atoms with Crippen molar-refractivity contribution in [2.24, 2.45) is 23.7 Å². The van der Waals surface area contributed by atoms with Crippen molar-refractivity contribution in [3.8, 4) is 0 Å². The fourth-order valence-corrected chi connectivity index (χ4v) is 3.98. The fourth-order valence-electron chi connectivity index (χ4n) is 3.98. The normalized spacial score (nSPS) is 42.9. The summed E-state index contributed by atoms with van der Waals surface area (Å²) in [6, 6.07) is 0. The summed E-state index contributed by atoms with van der Waals surface area (Å²) in [5.74, 6) is 4.71. The lowest BCUT2D eigenvalue weighted by Gasteiger charge is -2.49. The Morgan fingerprint density at radius 1 is 0.714 bits per heavy atom. The lowest BCUT2D eigenvalue weighted by atomic mass is 9.56. The quantitative estimate of drug-likeness (QED) is 0.444. The molecule has 4 heteroatoms. The van der Waals surface area contributed by atoms with Gasteiger partial charge < -0.3 is 15.3 Å². The van der Waals surface area contributed by atoms with Crippen molar-refractivity contribution in [1.29, 1.82) is 0 Å². The monoisotopic (exact) mass is 198 g/mol. The van der Waals surface area contributed by atoms with Crippen LogP contribution in [0.2, 0.25) is 0 Å². The number of hydrogen-bond acceptors (Lipinski definition) is 3. The van der Waals surface area contributed by atoms with E-state index in [0.717, 1.165) is 0 Å². The predicted molar refractivity (Wildman–Crippen MR) is 52.0 cm³/mol. The van der Waals surface area contributed by atoms with Gasteiger partial charge in [0.2, 0.25) is 0 Å². The number of hydrogen-bond donors (Lipinski definition) is 0. The number of rotatable bonds is 0. The van der Waals surface area contributed by atoms with Gasteiger partial charge in [-0.3, -0.25) is 0 Å². The van der Waals surface area contributed by atoms with Crippen molar-refractivity contribution >= 4 is 0 Å². The van der Waals surface area contributed by atoms with Crippen molar-refractivity contribution in [3.05, 3.63) is 15.3 Å². The van der Waals surface area contributed by atoms with Crippen LogP contribution < -0.4 is 0 Å². The van der Waals surface area contributed by atoms with Crippen LogP contribution >= 0.6 is 0 Å². The van der Waals surface area contributed by atoms with E-state index in [9.17, 15) is 0 Å². The van der Waals surface area contributed by atoms with Crippen LogP contribution in [0.25, 0.3) is 0 Å². The zero-order valence-corrected chi connectivity index (χ0v) is 8.22. The Kier molecular flexibility index (Phi) is 2.61. The molecule has 0 aliphatic heterocycles. The van der Waals surface area contributed by atoms with Gasteiger partial charge in [-0.1, -0.05) is 0 Å². The minimum Gasteiger partial charge on any atom is -0.356 e. The van der Waals surface area contributed by atoms with Crippen LogP contribution in [0, 0.1) is 39.0 Å². The molecule has 14 heavy (non-hydrogen) atoms. The van der Waals surface area contributed by atoms with Crippen molar-refractivity contribution in [2.45, 2.75) is 38.5 Å². The summed E-state index contributed by atoms with van der Waals surface area (Å²) in [5.41, 5.74) is 0. The highest BCUT2D eigenvalue weighted by Crippen LogP contribution is 2.53. The summed E-state index contributed by atoms with van der Waals surface area (Å²) in [7, 11) is 0. The second-order valence-corrected chi connectivity index (χ2v) is 5.10. The van der Waals surface area contributed by atoms with Crippen LogP contribution in [-0.2, 0) is 0 Å². The molecule has 0 unspecified atom stereocenters. The Hall–Kier alpha value is -0.800. The van der Waals surface area contributed by atoms with Crippen molar-refractivity contribution < 1.29 is 5.09 Å². The SMILES string of the molecule is C1C2CC3CC1CC(C2)C3.O=[N+]([O-])[O-]. The van der Waals surface area contributed by atoms with Crippen LogP contribution in [0.15, 0.2) is 0 Å². The molecule has 4 nitrogen and oxygen atoms in total. The molecule has 0 spiro atoms. The first-order chi connectivity index (χ1) is 6.63. The van der Waals surface area contributed by atoms with E-state index >= 15 is 0 Å². The number of nitrogens with zero attached hydrogens (tertiary/aromatic N) is 1. The first-order valence-corrected chi connectivity index (χ1v) is 5.45. The van der Waals surface area contributed by atoms with Crippen LogP contribution in [0.3, 0.4) is 0 Å². The highest BCUT2D eigenvalue weighted by atomic mass is 16.9. The molecule has 80 valence electrons. The summed E-state index contributed by atoms with van der Waals surface area (Å²) >= 11 is 0. The molecular formula is C10H16NO3-. The highest BCUT2D eigenvalue weighted by molar-refractivity contribution is 4.92. The van der Waals surface area contributed by atoms with E-state index in [-0.39, 0.29) is 0 Å². The predicted octanol–water partition coefficient (Wildman–Crippen LogP) is 2.59. The van der Waals surface area contributed by atoms with E-state index in [4.69, 9.17) is 15.3 Å². The summed E-state index contributed by atoms with van der Waals surface area (Å²) in [5, 5.41) is 14.8. The van der Waals surface area contributed by atoms with Gasteiger partial charge in [0.15, 0.2) is 0 Å². The third-order valence-corrected chi connectivity index (χ3v) is 4.00. The van der Waals surface area contributed by atoms with E-state index in [2.05, 4.69) is 0 Å². The topological polar surface area (TPSA) is 66.2 Å². The van der Waals surface area contributed by atoms with Crippen molar-refractivity contribution in [1.82, 2.24) is 0 Å². The molecule has 0 aromatic rings. The zero-order chi connectivity index (χ0) is 10.1. The van der Waals surface area contributed by atoms with Crippen molar-refractivity contribution in [2.75, 3.05) is 0 Å². The molecule has 0 heterocycles. The first kappa shape index (κ1) is 9.74. The summed E-state index contributed by atoms with van der Waals surface area (Å²) < 4.78 is 0. The van der Waals surface area contributed by atoms with Gasteiger partial charge in [-0.15, -0.1) is 0 Å². The Labute approximate surface area is 83.4 Å². The van der Waals surface area contributed by atoms with E-state index in [1.54, 1.807) is 38.5 Å². The molecule has 0 aromatic carbocycles. The van der Waals surface area contributed by atoms with Crippen LogP contribution in [0.1, 0.15) is 38.5 Å². The minimum absolute atomic E-state index is 1.18. The molecular weight excluding hydrogens is 182 g/mol. The third kappa shape index (κ3) is 2.16. The highest BCUT2D eigenvalue weighted by Gasteiger charge is 2.41. The lowest BCUT2D eigenvalue weighted by molar-refractivity contribution is -0.402. The minimum atomic E-state index is -1.75. The van der Waals surface area contributed by atoms with Gasteiger partial charge in [-0.25, -0.2) is 0 Å². The van der Waals surface area contributed by atoms with Crippen LogP contribution in [-0.4, -0.2) is 5.09 Å². The third-order valence-electron chi connectivity index (χ3n) is 4.00. The van der Waals surface area contributed by atoms with Gasteiger partial charge in [-0.2, -0.15) is 0 Å². The summed E-state index contributed by atoms with van der Waals surface area (Å²) in [6.45, 7) is 0. The Balaban J connectivity index is 0.000000165. The average Bonchev–Trinajstić information content (AvgIpc) is 1.98. The smallest absolute Gasteiger partial charge is 0.0689 e. The summed E-state index contributed by atoms with van der Waals surface area (Å²) in [6.07, 6.45) is 9.62. The van der Waals surface area contributed by atoms with Gasteiger partial charge in [-0.05, 0) is 62.2 Å². The largest absolute Gasteiger partial charge is 0.356 e. The van der Waals surface area contributed by atoms with Gasteiger partial charge >= 0.3 is 0 Å². The second-order valence-electron chi connectivity index (χ2n) is 5.10. The molecule has 4 aliphatic rings. The molecule has 4 saturated carbocycles. The molecule has 0 aromatic heterocycles. The van der Waals surface area contributed by atoms with Gasteiger partial charge in [0.1, 0.15) is 0 Å². The zero-order valence-electron chi connectivity index (χ0n) is 8.22. The summed E-state index contributed by atoms with van der Waals surface area (Å²) in [4.78, 5) is 8.25. The molecule has 4 aliphatic carbocycles. The first-order valence-electron chi connectivity index (χ1n) is 5.45. The van der Waals surface area contributed by atoms with Gasteiger partial charge in [0.05, 0.1) is 5.09 Å². The molecule has 0 N–H and O–H groups in total. The van der Waals surface area contributed by atoms with E-state index in [0.29, 0.717) is 0 Å². The van der Waals surface area contributed by atoms with E-state index < -0.39 is 5.09 Å². The molecule has 4 fully saturated rings. The Bertz CT molecular complexity index is 169. The van der Waals surface area contributed by atoms with E-state index in [1.165, 1.54) is 23.7 Å². The average molecular weight is 198 g/mol. The van der Waals surface area contributed by atoms with E-state index in [1.807, 2.05) is 0 Å². The maximum absolute atomic E-state index is 8.25. The maximum atomic E-state index is 8.25. The molecule has 4 bridgehead atoms. The molecule has 0 atom stereocenters. The maximum Gasteiger partial charge on any atom is 0.0689 e. The fraction of sp³-hybridized carbons (Fsp3) is 1.00. The van der Waals surface area contributed by atoms with Crippen LogP contribution in [0.4, 0.5) is 0 Å². The van der Waals surface area contributed by atoms with Gasteiger partial charge in [0.25, 0.3) is 0 Å². The molecule has 0 radical (unpaired) electrons. The molecule has 4 rings (SSSR count). The Morgan fingerprint density at radius 3 is 1.00 bits per heavy atom. The van der Waals surface area contributed by atoms with Gasteiger partial charge in [0, 0.05) is 0 Å². The Morgan fingerprint density at radius 2 is 0.857 bits per heavy atom. The second kappa shape index (κ2) is 3.75. The molecule has 0 amide bonds. The molecule has 0 saturated heterocycles. The lowest BCUT2D eigenvalue weighted by Crippen LogP contribution is -2.38. The van der Waals surface area contributed by atoms with Crippen molar-refractivity contribution in [3.63, 3.8) is 0 Å².